The highest BCUT2D eigenvalue weighted by molar-refractivity contribution is 5.75. The Morgan fingerprint density at radius 1 is 1.54 bits per heavy atom. The predicted molar refractivity (Wildman–Crippen MR) is 55.9 cm³/mol. The number of aliphatic imine (C=N–C) groups is 1. The largest absolute Gasteiger partial charge is 0.496 e. The minimum absolute atomic E-state index is 0.180. The maximum Gasteiger partial charge on any atom is 0.127 e. The van der Waals surface area contributed by atoms with E-state index in [1.165, 1.54) is 0 Å². The van der Waals surface area contributed by atoms with E-state index < -0.39 is 0 Å². The fourth-order valence-corrected chi connectivity index (χ4v) is 1.23. The molecular formula is C11H15NO. The van der Waals surface area contributed by atoms with Crippen LogP contribution in [0.5, 0.6) is 0 Å². The van der Waals surface area contributed by atoms with Crippen LogP contribution in [0.2, 0.25) is 0 Å². The van der Waals surface area contributed by atoms with E-state index in [0.717, 1.165) is 11.3 Å². The normalized spacial score (nSPS) is 19.9. The van der Waals surface area contributed by atoms with Crippen LogP contribution in [0.25, 0.3) is 0 Å². The summed E-state index contributed by atoms with van der Waals surface area (Å²) in [7, 11) is 1.65. The molecule has 0 aromatic heterocycles. The van der Waals surface area contributed by atoms with Crippen molar-refractivity contribution in [3.8, 4) is 0 Å². The summed E-state index contributed by atoms with van der Waals surface area (Å²) in [6.07, 6.45) is 7.44. The number of hydrogen-bond acceptors (Lipinski definition) is 2. The third-order valence-corrected chi connectivity index (χ3v) is 1.87. The van der Waals surface area contributed by atoms with Crippen molar-refractivity contribution in [2.45, 2.75) is 19.4 Å². The van der Waals surface area contributed by atoms with Crippen LogP contribution in [0, 0.1) is 0 Å². The Kier molecular flexibility index (Phi) is 2.71. The summed E-state index contributed by atoms with van der Waals surface area (Å²) >= 11 is 0. The number of methoxy groups -OCH3 is 1. The van der Waals surface area contributed by atoms with Crippen molar-refractivity contribution < 1.29 is 4.74 Å². The molecule has 0 N–H and O–H groups in total. The van der Waals surface area contributed by atoms with Gasteiger partial charge in [-0.15, -0.1) is 0 Å². The Bertz CT molecular complexity index is 295. The average Bonchev–Trinajstić information content (AvgIpc) is 2.22. The lowest BCUT2D eigenvalue weighted by molar-refractivity contribution is 0.303. The van der Waals surface area contributed by atoms with Gasteiger partial charge in [-0.25, -0.2) is 0 Å². The lowest BCUT2D eigenvalue weighted by Crippen LogP contribution is -2.12. The van der Waals surface area contributed by atoms with Gasteiger partial charge >= 0.3 is 0 Å². The molecule has 0 aliphatic carbocycles. The van der Waals surface area contributed by atoms with Crippen LogP contribution in [0.4, 0.5) is 0 Å². The Hall–Kier alpha value is -1.31. The van der Waals surface area contributed by atoms with Crippen LogP contribution in [-0.4, -0.2) is 18.9 Å². The van der Waals surface area contributed by atoms with E-state index in [-0.39, 0.29) is 5.54 Å². The zero-order chi connectivity index (χ0) is 9.90. The lowest BCUT2D eigenvalue weighted by atomic mass is 10.0. The Morgan fingerprint density at radius 3 is 2.77 bits per heavy atom. The molecule has 0 saturated carbocycles. The molecule has 70 valence electrons. The predicted octanol–water partition coefficient (Wildman–Crippen LogP) is 2.49. The summed E-state index contributed by atoms with van der Waals surface area (Å²) in [4.78, 5) is 4.35. The number of nitrogens with zero attached hydrogens (tertiary/aromatic N) is 1. The summed E-state index contributed by atoms with van der Waals surface area (Å²) in [5.41, 5.74) is 0.810. The molecule has 0 saturated heterocycles. The Morgan fingerprint density at radius 2 is 2.23 bits per heavy atom. The van der Waals surface area contributed by atoms with Crippen molar-refractivity contribution in [2.24, 2.45) is 4.99 Å². The van der Waals surface area contributed by atoms with Gasteiger partial charge in [0.25, 0.3) is 0 Å². The molecule has 1 rings (SSSR count). The molecule has 0 aromatic carbocycles. The standard InChI is InChI=1S/C11H15NO/c1-5-9-8-11(2,3)12-7-6-10(9)13-4/h5-8H,1H2,2-4H3. The molecule has 2 nitrogen and oxygen atoms in total. The topological polar surface area (TPSA) is 21.6 Å². The Balaban J connectivity index is 3.10. The second-order valence-electron chi connectivity index (χ2n) is 3.47. The first kappa shape index (κ1) is 9.78. The van der Waals surface area contributed by atoms with Gasteiger partial charge in [-0.05, 0) is 26.0 Å². The van der Waals surface area contributed by atoms with Gasteiger partial charge in [0, 0.05) is 11.8 Å². The van der Waals surface area contributed by atoms with E-state index in [2.05, 4.69) is 11.6 Å². The highest BCUT2D eigenvalue weighted by Gasteiger charge is 2.16. The highest BCUT2D eigenvalue weighted by Crippen LogP contribution is 2.21. The summed E-state index contributed by atoms with van der Waals surface area (Å²) in [5.74, 6) is 0.810. The zero-order valence-electron chi connectivity index (χ0n) is 8.37. The minimum Gasteiger partial charge on any atom is -0.496 e. The summed E-state index contributed by atoms with van der Waals surface area (Å²) < 4.78 is 5.20. The third-order valence-electron chi connectivity index (χ3n) is 1.87. The van der Waals surface area contributed by atoms with Gasteiger partial charge in [-0.2, -0.15) is 0 Å². The van der Waals surface area contributed by atoms with E-state index in [0.29, 0.717) is 0 Å². The smallest absolute Gasteiger partial charge is 0.127 e. The van der Waals surface area contributed by atoms with Crippen LogP contribution >= 0.6 is 0 Å². The van der Waals surface area contributed by atoms with Crippen LogP contribution < -0.4 is 0 Å². The number of rotatable bonds is 2. The number of ether oxygens (including phenoxy) is 1. The van der Waals surface area contributed by atoms with E-state index in [4.69, 9.17) is 4.74 Å². The van der Waals surface area contributed by atoms with Crippen LogP contribution in [-0.2, 0) is 4.74 Å². The second-order valence-corrected chi connectivity index (χ2v) is 3.47. The van der Waals surface area contributed by atoms with Crippen LogP contribution in [0.1, 0.15) is 13.8 Å². The summed E-state index contributed by atoms with van der Waals surface area (Å²) in [5, 5.41) is 0. The molecule has 0 fully saturated rings. The maximum absolute atomic E-state index is 5.20. The van der Waals surface area contributed by atoms with E-state index in [1.54, 1.807) is 19.4 Å². The quantitative estimate of drug-likeness (QED) is 0.635. The molecule has 1 aliphatic heterocycles. The van der Waals surface area contributed by atoms with Crippen molar-refractivity contribution in [1.82, 2.24) is 0 Å². The van der Waals surface area contributed by atoms with E-state index in [9.17, 15) is 0 Å². The molecule has 2 heteroatoms. The van der Waals surface area contributed by atoms with Crippen molar-refractivity contribution >= 4 is 6.21 Å². The fraction of sp³-hybridized carbons (Fsp3) is 0.364. The van der Waals surface area contributed by atoms with Gasteiger partial charge < -0.3 is 4.74 Å². The number of allylic oxidation sites excluding steroid dienone is 2. The molecule has 0 aromatic rings. The molecule has 0 atom stereocenters. The lowest BCUT2D eigenvalue weighted by Gasteiger charge is -2.14. The number of hydrogen-bond donors (Lipinski definition) is 0. The second kappa shape index (κ2) is 3.60. The molecule has 1 aliphatic rings. The van der Waals surface area contributed by atoms with Gasteiger partial charge in [-0.3, -0.25) is 4.99 Å². The summed E-state index contributed by atoms with van der Waals surface area (Å²) in [6, 6.07) is 0. The van der Waals surface area contributed by atoms with Gasteiger partial charge in [0.1, 0.15) is 5.76 Å². The van der Waals surface area contributed by atoms with Gasteiger partial charge in [0.15, 0.2) is 0 Å². The summed E-state index contributed by atoms with van der Waals surface area (Å²) in [6.45, 7) is 7.83. The van der Waals surface area contributed by atoms with Crippen molar-refractivity contribution in [2.75, 3.05) is 7.11 Å². The Labute approximate surface area is 79.3 Å². The molecule has 1 heterocycles. The van der Waals surface area contributed by atoms with Crippen LogP contribution in [0.15, 0.2) is 41.1 Å². The molecule has 0 amide bonds. The van der Waals surface area contributed by atoms with E-state index >= 15 is 0 Å². The first-order valence-electron chi connectivity index (χ1n) is 4.24. The SMILES string of the molecule is C=CC1=CC(C)(C)N=CC=C1OC. The van der Waals surface area contributed by atoms with Gasteiger partial charge in [-0.1, -0.05) is 12.7 Å². The van der Waals surface area contributed by atoms with Gasteiger partial charge in [0.05, 0.1) is 12.6 Å². The van der Waals surface area contributed by atoms with E-state index in [1.807, 2.05) is 26.0 Å². The molecule has 0 radical (unpaired) electrons. The monoisotopic (exact) mass is 177 g/mol. The first-order chi connectivity index (χ1) is 6.09. The molecular weight excluding hydrogens is 162 g/mol. The van der Waals surface area contributed by atoms with Crippen molar-refractivity contribution in [3.05, 3.63) is 36.1 Å². The molecule has 0 unspecified atom stereocenters. The molecule has 0 bridgehead atoms. The van der Waals surface area contributed by atoms with Crippen molar-refractivity contribution in [3.63, 3.8) is 0 Å². The van der Waals surface area contributed by atoms with Gasteiger partial charge in [0.2, 0.25) is 0 Å². The molecule has 13 heavy (non-hydrogen) atoms. The maximum atomic E-state index is 5.20. The zero-order valence-corrected chi connectivity index (χ0v) is 8.37. The van der Waals surface area contributed by atoms with Crippen molar-refractivity contribution in [1.29, 1.82) is 0 Å². The molecule has 0 spiro atoms. The average molecular weight is 177 g/mol. The third kappa shape index (κ3) is 2.31. The van der Waals surface area contributed by atoms with Crippen LogP contribution in [0.3, 0.4) is 0 Å². The minimum atomic E-state index is -0.180. The first-order valence-corrected chi connectivity index (χ1v) is 4.24. The fourth-order valence-electron chi connectivity index (χ4n) is 1.23. The highest BCUT2D eigenvalue weighted by atomic mass is 16.5.